The summed E-state index contributed by atoms with van der Waals surface area (Å²) in [5.41, 5.74) is 5.73. The Hall–Kier alpha value is -3.42. The van der Waals surface area contributed by atoms with E-state index < -0.39 is 10.8 Å². The molecular formula is C23H28N4O4. The van der Waals surface area contributed by atoms with E-state index in [2.05, 4.69) is 55.3 Å². The van der Waals surface area contributed by atoms with Crippen LogP contribution in [0.3, 0.4) is 0 Å². The number of benzene rings is 2. The van der Waals surface area contributed by atoms with Gasteiger partial charge in [0.2, 0.25) is 0 Å². The van der Waals surface area contributed by atoms with E-state index in [0.29, 0.717) is 5.92 Å². The largest absolute Gasteiger partial charge is 0.477 e. The molecule has 0 saturated carbocycles. The van der Waals surface area contributed by atoms with Crippen molar-refractivity contribution in [3.8, 4) is 5.75 Å². The lowest BCUT2D eigenvalue weighted by Crippen LogP contribution is -2.48. The first-order valence-electron chi connectivity index (χ1n) is 10.3. The van der Waals surface area contributed by atoms with Gasteiger partial charge in [-0.05, 0) is 62.4 Å². The van der Waals surface area contributed by atoms with Crippen LogP contribution >= 0.6 is 0 Å². The highest BCUT2D eigenvalue weighted by Gasteiger charge is 2.35. The van der Waals surface area contributed by atoms with Crippen molar-refractivity contribution in [2.45, 2.75) is 45.6 Å². The van der Waals surface area contributed by atoms with E-state index in [9.17, 15) is 14.9 Å². The number of hydrogen-bond acceptors (Lipinski definition) is 6. The van der Waals surface area contributed by atoms with Crippen LogP contribution in [-0.4, -0.2) is 35.7 Å². The first-order valence-corrected chi connectivity index (χ1v) is 10.3. The molecule has 3 rings (SSSR count). The number of amides is 1. The second-order valence-electron chi connectivity index (χ2n) is 8.29. The Bertz CT molecular complexity index is 1000. The van der Waals surface area contributed by atoms with Crippen LogP contribution in [0.5, 0.6) is 5.75 Å². The molecule has 1 unspecified atom stereocenters. The molecule has 0 aliphatic carbocycles. The molecule has 1 amide bonds. The molecule has 1 atom stereocenters. The number of nitrogens with one attached hydrogen (secondary N) is 1. The topological polar surface area (TPSA) is 97.1 Å². The van der Waals surface area contributed by atoms with Crippen molar-refractivity contribution in [1.82, 2.24) is 5.43 Å². The summed E-state index contributed by atoms with van der Waals surface area (Å²) in [7, 11) is 0. The van der Waals surface area contributed by atoms with Crippen LogP contribution in [0.15, 0.2) is 47.6 Å². The van der Waals surface area contributed by atoms with E-state index in [-0.39, 0.29) is 23.6 Å². The van der Waals surface area contributed by atoms with Crippen molar-refractivity contribution in [2.24, 2.45) is 5.10 Å². The molecule has 8 nitrogen and oxygen atoms in total. The number of rotatable bonds is 7. The normalized spacial score (nSPS) is 17.3. The minimum atomic E-state index is -0.552. The Kier molecular flexibility index (Phi) is 6.58. The van der Waals surface area contributed by atoms with Crippen molar-refractivity contribution in [3.63, 3.8) is 0 Å². The van der Waals surface area contributed by atoms with Gasteiger partial charge in [0, 0.05) is 23.8 Å². The Morgan fingerprint density at radius 3 is 2.81 bits per heavy atom. The maximum Gasteiger partial charge on any atom is 0.310 e. The number of carbonyl (C=O) groups is 1. The first kappa shape index (κ1) is 22.3. The molecule has 8 heteroatoms. The molecule has 1 N–H and O–H groups in total. The third kappa shape index (κ3) is 5.02. The summed E-state index contributed by atoms with van der Waals surface area (Å²) in [6, 6.07) is 12.1. The zero-order chi connectivity index (χ0) is 22.6. The van der Waals surface area contributed by atoms with Crippen LogP contribution in [0.2, 0.25) is 0 Å². The lowest BCUT2D eigenvalue weighted by Gasteiger charge is -2.47. The number of hydrazone groups is 1. The van der Waals surface area contributed by atoms with Gasteiger partial charge < -0.3 is 9.64 Å². The summed E-state index contributed by atoms with van der Waals surface area (Å²) in [6.07, 6.45) is 2.65. The number of anilines is 1. The second-order valence-corrected chi connectivity index (χ2v) is 8.29. The Balaban J connectivity index is 1.62. The maximum atomic E-state index is 12.0. The van der Waals surface area contributed by atoms with Crippen LogP contribution < -0.4 is 15.1 Å². The molecule has 0 radical (unpaired) electrons. The fourth-order valence-corrected chi connectivity index (χ4v) is 4.27. The highest BCUT2D eigenvalue weighted by atomic mass is 16.6. The number of nitro groups is 1. The molecule has 0 aromatic heterocycles. The summed E-state index contributed by atoms with van der Waals surface area (Å²) in [6.45, 7) is 9.51. The molecule has 0 saturated heterocycles. The second kappa shape index (κ2) is 9.16. The summed E-state index contributed by atoms with van der Waals surface area (Å²) >= 11 is 0. The van der Waals surface area contributed by atoms with Crippen LogP contribution in [0.1, 0.15) is 51.2 Å². The van der Waals surface area contributed by atoms with E-state index >= 15 is 0 Å². The third-order valence-corrected chi connectivity index (χ3v) is 5.55. The van der Waals surface area contributed by atoms with Crippen LogP contribution in [-0.2, 0) is 4.79 Å². The van der Waals surface area contributed by atoms with Gasteiger partial charge in [0.1, 0.15) is 0 Å². The predicted octanol–water partition coefficient (Wildman–Crippen LogP) is 4.24. The molecule has 1 heterocycles. The number of nitro benzene ring substituents is 1. The highest BCUT2D eigenvalue weighted by Crippen LogP contribution is 2.43. The fraction of sp³-hybridized carbons (Fsp3) is 0.391. The van der Waals surface area contributed by atoms with E-state index in [1.165, 1.54) is 29.4 Å². The molecule has 2 aromatic carbocycles. The molecule has 164 valence electrons. The Labute approximate surface area is 182 Å². The fourth-order valence-electron chi connectivity index (χ4n) is 4.27. The van der Waals surface area contributed by atoms with Gasteiger partial charge in [0.25, 0.3) is 5.91 Å². The van der Waals surface area contributed by atoms with Gasteiger partial charge in [-0.3, -0.25) is 14.9 Å². The van der Waals surface area contributed by atoms with Gasteiger partial charge in [0.05, 0.1) is 11.1 Å². The zero-order valence-corrected chi connectivity index (χ0v) is 18.3. The van der Waals surface area contributed by atoms with Crippen molar-refractivity contribution in [3.05, 3.63) is 63.7 Å². The number of carbonyl (C=O) groups excluding carboxylic acids is 1. The van der Waals surface area contributed by atoms with E-state index in [1.807, 2.05) is 6.07 Å². The molecule has 0 fully saturated rings. The molecule has 1 aliphatic rings. The van der Waals surface area contributed by atoms with Gasteiger partial charge in [-0.2, -0.15) is 5.10 Å². The molecule has 1 aliphatic heterocycles. The van der Waals surface area contributed by atoms with E-state index in [0.717, 1.165) is 18.5 Å². The number of nitrogens with zero attached hydrogens (tertiary/aromatic N) is 3. The summed E-state index contributed by atoms with van der Waals surface area (Å²) in [5, 5.41) is 15.0. The summed E-state index contributed by atoms with van der Waals surface area (Å²) in [4.78, 5) is 24.9. The van der Waals surface area contributed by atoms with Gasteiger partial charge in [-0.25, -0.2) is 5.43 Å². The smallest absolute Gasteiger partial charge is 0.310 e. The van der Waals surface area contributed by atoms with E-state index in [1.54, 1.807) is 12.3 Å². The van der Waals surface area contributed by atoms with Gasteiger partial charge in [-0.1, -0.05) is 25.1 Å². The molecule has 0 bridgehead atoms. The quantitative estimate of drug-likeness (QED) is 0.407. The SMILES string of the molecule is CCN1c2ccc(/C=N\NC(=O)COc3ccccc3[N+](=O)[O-])cc2C(C)CC1(C)C. The van der Waals surface area contributed by atoms with Crippen LogP contribution in [0.4, 0.5) is 11.4 Å². The summed E-state index contributed by atoms with van der Waals surface area (Å²) in [5.74, 6) is -0.0378. The Morgan fingerprint density at radius 2 is 2.10 bits per heavy atom. The summed E-state index contributed by atoms with van der Waals surface area (Å²) < 4.78 is 5.26. The average Bonchev–Trinajstić information content (AvgIpc) is 2.72. The average molecular weight is 425 g/mol. The van der Waals surface area contributed by atoms with E-state index in [4.69, 9.17) is 4.74 Å². The predicted molar refractivity (Wildman–Crippen MR) is 121 cm³/mol. The minimum Gasteiger partial charge on any atom is -0.477 e. The van der Waals surface area contributed by atoms with Crippen molar-refractivity contribution >= 4 is 23.5 Å². The van der Waals surface area contributed by atoms with Crippen molar-refractivity contribution in [1.29, 1.82) is 0 Å². The number of fused-ring (bicyclic) bond motifs is 1. The Morgan fingerprint density at radius 1 is 1.35 bits per heavy atom. The van der Waals surface area contributed by atoms with Crippen LogP contribution in [0.25, 0.3) is 0 Å². The molecule has 31 heavy (non-hydrogen) atoms. The zero-order valence-electron chi connectivity index (χ0n) is 18.3. The first-order chi connectivity index (χ1) is 14.7. The maximum absolute atomic E-state index is 12.0. The standard InChI is InChI=1S/C23H28N4O4/c1-5-26-19-11-10-17(12-18(19)16(2)13-23(26,3)4)14-24-25-22(28)15-31-21-9-7-6-8-20(21)27(29)30/h6-12,14,16H,5,13,15H2,1-4H3,(H,25,28)/b24-14-. The third-order valence-electron chi connectivity index (χ3n) is 5.55. The minimum absolute atomic E-state index is 0.0405. The van der Waals surface area contributed by atoms with Crippen molar-refractivity contribution in [2.75, 3.05) is 18.1 Å². The van der Waals surface area contributed by atoms with Gasteiger partial charge in [0.15, 0.2) is 12.4 Å². The number of ether oxygens (including phenoxy) is 1. The van der Waals surface area contributed by atoms with Crippen LogP contribution in [0, 0.1) is 10.1 Å². The van der Waals surface area contributed by atoms with Gasteiger partial charge >= 0.3 is 5.69 Å². The number of hydrogen-bond donors (Lipinski definition) is 1. The molecule has 0 spiro atoms. The molecular weight excluding hydrogens is 396 g/mol. The van der Waals surface area contributed by atoms with Gasteiger partial charge in [-0.15, -0.1) is 0 Å². The highest BCUT2D eigenvalue weighted by molar-refractivity contribution is 5.84. The number of para-hydroxylation sites is 2. The molecule has 2 aromatic rings. The van der Waals surface area contributed by atoms with Crippen molar-refractivity contribution < 1.29 is 14.5 Å². The lowest BCUT2D eigenvalue weighted by atomic mass is 9.79. The monoisotopic (exact) mass is 424 g/mol. The lowest BCUT2D eigenvalue weighted by molar-refractivity contribution is -0.385.